The van der Waals surface area contributed by atoms with Crippen molar-refractivity contribution in [1.82, 2.24) is 9.55 Å². The molecule has 2 aliphatic heterocycles. The fourth-order valence-corrected chi connectivity index (χ4v) is 8.26. The Morgan fingerprint density at radius 2 is 1.50 bits per heavy atom. The SMILES string of the molecule is CCN(CC)c1ccc2nc(C3C(=O)c4cc5c(cc4C3=O)C(=O)N(c3cc(OCCC4OCCCO4)ccc3C3=CC=CC3)C5=O)n(-c3ccccc3)c(=O)c2c1. The van der Waals surface area contributed by atoms with E-state index in [9.17, 15) is 24.0 Å². The number of amides is 2. The zero-order valence-electron chi connectivity index (χ0n) is 32.1. The summed E-state index contributed by atoms with van der Waals surface area (Å²) in [4.78, 5) is 80.0. The van der Waals surface area contributed by atoms with Gasteiger partial charge in [0.15, 0.2) is 17.9 Å². The summed E-state index contributed by atoms with van der Waals surface area (Å²) < 4.78 is 18.7. The van der Waals surface area contributed by atoms with Crippen LogP contribution in [0.5, 0.6) is 5.75 Å². The third-order valence-electron chi connectivity index (χ3n) is 11.2. The van der Waals surface area contributed by atoms with Crippen molar-refractivity contribution < 1.29 is 33.4 Å². The zero-order valence-corrected chi connectivity index (χ0v) is 32.1. The highest BCUT2D eigenvalue weighted by molar-refractivity contribution is 6.37. The van der Waals surface area contributed by atoms with Crippen molar-refractivity contribution in [1.29, 1.82) is 0 Å². The van der Waals surface area contributed by atoms with Gasteiger partial charge in [0.25, 0.3) is 17.4 Å². The van der Waals surface area contributed by atoms with Gasteiger partial charge >= 0.3 is 0 Å². The Bertz CT molecular complexity index is 2600. The summed E-state index contributed by atoms with van der Waals surface area (Å²) in [5, 5.41) is 0.341. The second kappa shape index (κ2) is 15.1. The number of imide groups is 1. The van der Waals surface area contributed by atoms with E-state index in [0.29, 0.717) is 59.6 Å². The maximum absolute atomic E-state index is 14.4. The summed E-state index contributed by atoms with van der Waals surface area (Å²) in [7, 11) is 0. The molecule has 2 amide bonds. The molecule has 0 radical (unpaired) electrons. The largest absolute Gasteiger partial charge is 0.493 e. The quantitative estimate of drug-likeness (QED) is 0.101. The van der Waals surface area contributed by atoms with Crippen molar-refractivity contribution in [2.45, 2.75) is 45.3 Å². The predicted molar refractivity (Wildman–Crippen MR) is 218 cm³/mol. The minimum Gasteiger partial charge on any atom is -0.493 e. The third kappa shape index (κ3) is 6.25. The van der Waals surface area contributed by atoms with Crippen molar-refractivity contribution >= 4 is 51.2 Å². The van der Waals surface area contributed by atoms with E-state index >= 15 is 0 Å². The lowest BCUT2D eigenvalue weighted by Gasteiger charge is -2.23. The highest BCUT2D eigenvalue weighted by Crippen LogP contribution is 2.42. The smallest absolute Gasteiger partial charge is 0.266 e. The molecule has 12 heteroatoms. The van der Waals surface area contributed by atoms with Crippen LogP contribution in [0.2, 0.25) is 0 Å². The van der Waals surface area contributed by atoms with Crippen LogP contribution in [0.15, 0.2) is 102 Å². The molecule has 0 saturated carbocycles. The van der Waals surface area contributed by atoms with Crippen molar-refractivity contribution in [2.75, 3.05) is 42.7 Å². The van der Waals surface area contributed by atoms with Crippen LogP contribution >= 0.6 is 0 Å². The second-order valence-electron chi connectivity index (χ2n) is 14.5. The molecule has 0 unspecified atom stereocenters. The Morgan fingerprint density at radius 1 is 0.793 bits per heavy atom. The Morgan fingerprint density at radius 3 is 2.16 bits per heavy atom. The highest BCUT2D eigenvalue weighted by Gasteiger charge is 2.47. The number of anilines is 2. The number of ketones is 2. The van der Waals surface area contributed by atoms with Gasteiger partial charge in [-0.2, -0.15) is 0 Å². The van der Waals surface area contributed by atoms with Crippen molar-refractivity contribution in [3.63, 3.8) is 0 Å². The second-order valence-corrected chi connectivity index (χ2v) is 14.5. The number of carbonyl (C=O) groups is 4. The maximum atomic E-state index is 14.4. The lowest BCUT2D eigenvalue weighted by Crippen LogP contribution is -2.30. The molecule has 4 aromatic carbocycles. The monoisotopic (exact) mass is 776 g/mol. The van der Waals surface area contributed by atoms with E-state index in [-0.39, 0.29) is 41.0 Å². The molecule has 5 aromatic rings. The first-order chi connectivity index (χ1) is 28.3. The van der Waals surface area contributed by atoms with Gasteiger partial charge in [-0.1, -0.05) is 36.4 Å². The number of nitrogens with zero attached hydrogens (tertiary/aromatic N) is 4. The zero-order chi connectivity index (χ0) is 40.1. The Labute approximate surface area is 333 Å². The number of carbonyl (C=O) groups excluding carboxylic acids is 4. The van der Waals surface area contributed by atoms with Crippen LogP contribution in [0.3, 0.4) is 0 Å². The molecule has 12 nitrogen and oxygen atoms in total. The number of aromatic nitrogens is 2. The van der Waals surface area contributed by atoms with E-state index in [1.807, 2.05) is 44.2 Å². The molecule has 0 N–H and O–H groups in total. The van der Waals surface area contributed by atoms with Crippen LogP contribution in [0, 0.1) is 0 Å². The molecular weight excluding hydrogens is 737 g/mol. The predicted octanol–water partition coefficient (Wildman–Crippen LogP) is 7.07. The van der Waals surface area contributed by atoms with Crippen LogP contribution in [-0.2, 0) is 9.47 Å². The Balaban J connectivity index is 1.08. The summed E-state index contributed by atoms with van der Waals surface area (Å²) in [6.45, 7) is 7.07. The average molecular weight is 777 g/mol. The van der Waals surface area contributed by atoms with Crippen molar-refractivity contribution in [2.24, 2.45) is 0 Å². The van der Waals surface area contributed by atoms with Gasteiger partial charge in [-0.3, -0.25) is 28.5 Å². The van der Waals surface area contributed by atoms with Gasteiger partial charge in [0.05, 0.1) is 53.2 Å². The summed E-state index contributed by atoms with van der Waals surface area (Å²) >= 11 is 0. The topological polar surface area (TPSA) is 137 Å². The molecule has 58 heavy (non-hydrogen) atoms. The van der Waals surface area contributed by atoms with Gasteiger partial charge in [-0.25, -0.2) is 9.88 Å². The van der Waals surface area contributed by atoms with Crippen molar-refractivity contribution in [3.05, 3.63) is 141 Å². The number of hydrogen-bond acceptors (Lipinski definition) is 10. The Hall–Kier alpha value is -6.50. The molecule has 292 valence electrons. The molecule has 4 aliphatic rings. The Kier molecular flexibility index (Phi) is 9.66. The maximum Gasteiger partial charge on any atom is 0.266 e. The molecule has 3 heterocycles. The molecule has 0 atom stereocenters. The number of benzene rings is 4. The first-order valence-corrected chi connectivity index (χ1v) is 19.7. The third-order valence-corrected chi connectivity index (χ3v) is 11.2. The standard InChI is InChI=1S/C46H40N4O8/c1-3-48(4-2)29-15-18-37-36(23-29)46(55)49(28-13-6-5-7-14-28)43(47-37)40-41(51)32-25-34-35(26-33(32)42(40)52)45(54)50(44(34)53)38-24-30(16-17-31(38)27-11-8-9-12-27)56-22-19-39-57-20-10-21-58-39/h5-9,11,13-18,23-26,39-40H,3-4,10,12,19-22H2,1-2H3. The molecule has 1 aromatic heterocycles. The number of fused-ring (bicyclic) bond motifs is 3. The molecule has 9 rings (SSSR count). The summed E-state index contributed by atoms with van der Waals surface area (Å²) in [5.41, 5.74) is 3.12. The van der Waals surface area contributed by atoms with E-state index in [0.717, 1.165) is 35.7 Å². The molecule has 2 aliphatic carbocycles. The number of Topliss-reactive ketones (excluding diaryl/α,β-unsaturated/α-hetero) is 2. The fraction of sp³-hybridized carbons (Fsp3) is 0.261. The summed E-state index contributed by atoms with van der Waals surface area (Å²) in [6.07, 6.45) is 7.43. The van der Waals surface area contributed by atoms with Crippen LogP contribution in [0.1, 0.15) is 91.8 Å². The lowest BCUT2D eigenvalue weighted by molar-refractivity contribution is -0.183. The average Bonchev–Trinajstić information content (AvgIpc) is 3.94. The van der Waals surface area contributed by atoms with Gasteiger partial charge in [-0.05, 0) is 86.9 Å². The van der Waals surface area contributed by atoms with Crippen LogP contribution < -0.4 is 20.1 Å². The van der Waals surface area contributed by atoms with E-state index < -0.39 is 34.9 Å². The van der Waals surface area contributed by atoms with E-state index in [2.05, 4.69) is 4.90 Å². The van der Waals surface area contributed by atoms with E-state index in [1.165, 1.54) is 16.7 Å². The van der Waals surface area contributed by atoms with E-state index in [4.69, 9.17) is 19.2 Å². The fourth-order valence-electron chi connectivity index (χ4n) is 8.26. The number of ether oxygens (including phenoxy) is 3. The molecule has 1 saturated heterocycles. The number of para-hydroxylation sites is 1. The molecular formula is C46H40N4O8. The normalized spacial score (nSPS) is 16.7. The first kappa shape index (κ1) is 37.1. The number of hydrogen-bond donors (Lipinski definition) is 0. The lowest BCUT2D eigenvalue weighted by atomic mass is 10.0. The van der Waals surface area contributed by atoms with Crippen molar-refractivity contribution in [3.8, 4) is 11.4 Å². The number of allylic oxidation sites excluding steroid dienone is 4. The summed E-state index contributed by atoms with van der Waals surface area (Å²) in [5.74, 6) is -3.55. The minimum atomic E-state index is -1.48. The molecule has 1 fully saturated rings. The summed E-state index contributed by atoms with van der Waals surface area (Å²) in [6, 6.07) is 22.1. The van der Waals surface area contributed by atoms with Gasteiger partial charge in [0.1, 0.15) is 17.5 Å². The van der Waals surface area contributed by atoms with Crippen LogP contribution in [0.4, 0.5) is 11.4 Å². The van der Waals surface area contributed by atoms with Crippen LogP contribution in [-0.4, -0.2) is 72.1 Å². The van der Waals surface area contributed by atoms with Gasteiger partial charge in [-0.15, -0.1) is 0 Å². The molecule has 0 bridgehead atoms. The minimum absolute atomic E-state index is 0.00352. The van der Waals surface area contributed by atoms with E-state index in [1.54, 1.807) is 54.6 Å². The molecule has 0 spiro atoms. The van der Waals surface area contributed by atoms with Gasteiger partial charge in [0.2, 0.25) is 0 Å². The van der Waals surface area contributed by atoms with Crippen LogP contribution in [0.25, 0.3) is 22.2 Å². The van der Waals surface area contributed by atoms with Gasteiger partial charge < -0.3 is 19.1 Å². The van der Waals surface area contributed by atoms with Gasteiger partial charge in [0, 0.05) is 48.0 Å². The number of rotatable bonds is 11. The highest BCUT2D eigenvalue weighted by atomic mass is 16.7. The first-order valence-electron chi connectivity index (χ1n) is 19.7.